The number of tetrazole rings is 1. The van der Waals surface area contributed by atoms with Gasteiger partial charge in [-0.1, -0.05) is 0 Å². The lowest BCUT2D eigenvalue weighted by molar-refractivity contribution is 0.729. The molecule has 0 aliphatic rings. The molecule has 0 aromatic carbocycles. The molecule has 0 fully saturated rings. The van der Waals surface area contributed by atoms with Crippen LogP contribution in [0.15, 0.2) is 4.79 Å². The topological polar surface area (TPSA) is 63.6 Å². The molecule has 0 amide bonds. The molecule has 0 saturated carbocycles. The smallest absolute Gasteiger partial charge is 0.245 e. The number of hydrogen-bond acceptors (Lipinski definition) is 3. The molecular weight excluding hydrogens is 108 g/mol. The molecule has 5 nitrogen and oxygen atoms in total. The van der Waals surface area contributed by atoms with E-state index < -0.39 is 0 Å². The Labute approximate surface area is 45.3 Å². The van der Waals surface area contributed by atoms with E-state index in [1.54, 1.807) is 6.92 Å². The number of aromatic nitrogens is 4. The summed E-state index contributed by atoms with van der Waals surface area (Å²) in [6.45, 7) is 3.22. The van der Waals surface area contributed by atoms with Gasteiger partial charge in [0.05, 0.1) is 6.54 Å². The van der Waals surface area contributed by atoms with Crippen LogP contribution in [0.3, 0.4) is 0 Å². The number of hydrogen-bond donors (Lipinski definition) is 1. The van der Waals surface area contributed by atoms with Crippen LogP contribution in [-0.2, 0) is 0 Å². The molecule has 43 valence electrons. The van der Waals surface area contributed by atoms with Gasteiger partial charge in [0.15, 0.2) is 0 Å². The highest BCUT2D eigenvalue weighted by atomic mass is 16.2. The van der Waals surface area contributed by atoms with Crippen molar-refractivity contribution in [2.75, 3.05) is 0 Å². The normalized spacial score (nSPS) is 9.62. The predicted octanol–water partition coefficient (Wildman–Crippen LogP) is -1.00. The van der Waals surface area contributed by atoms with Gasteiger partial charge in [0.2, 0.25) is 0 Å². The Morgan fingerprint density at radius 3 is 2.88 bits per heavy atom. The maximum atomic E-state index is 10.4. The van der Waals surface area contributed by atoms with Crippen molar-refractivity contribution >= 4 is 0 Å². The largest absolute Gasteiger partial charge is 0.361 e. The average molecular weight is 113 g/mol. The first kappa shape index (κ1) is 5.02. The molecule has 0 bridgehead atoms. The predicted molar refractivity (Wildman–Crippen MR) is 26.0 cm³/mol. The highest BCUT2D eigenvalue weighted by Gasteiger charge is 1.90. The van der Waals surface area contributed by atoms with Gasteiger partial charge in [-0.05, 0) is 17.4 Å². The van der Waals surface area contributed by atoms with Crippen LogP contribution in [0.25, 0.3) is 0 Å². The first-order valence-electron chi connectivity index (χ1n) is 2.14. The molecule has 0 aliphatic carbocycles. The molecular formula is C3H5N4O. The van der Waals surface area contributed by atoms with Gasteiger partial charge in [-0.2, -0.15) is 4.68 Å². The summed E-state index contributed by atoms with van der Waals surface area (Å²) in [5.74, 6) is 0. The Bertz CT molecular complexity index is 211. The average Bonchev–Trinajstić information content (AvgIpc) is 2.14. The molecule has 5 heteroatoms. The fourth-order valence-electron chi connectivity index (χ4n) is 0.374. The fourth-order valence-corrected chi connectivity index (χ4v) is 0.374. The van der Waals surface area contributed by atoms with Crippen LogP contribution in [0, 0.1) is 6.54 Å². The summed E-state index contributed by atoms with van der Waals surface area (Å²) >= 11 is 0. The molecule has 1 radical (unpaired) electrons. The van der Waals surface area contributed by atoms with Crippen LogP contribution >= 0.6 is 0 Å². The SMILES string of the molecule is C[CH]n1nn[nH]c1=O. The zero-order valence-electron chi connectivity index (χ0n) is 4.33. The Balaban J connectivity index is 3.11. The van der Waals surface area contributed by atoms with Crippen molar-refractivity contribution in [2.45, 2.75) is 6.92 Å². The number of rotatable bonds is 1. The first-order chi connectivity index (χ1) is 3.84. The van der Waals surface area contributed by atoms with Gasteiger partial charge in [-0.15, -0.1) is 0 Å². The number of H-pyrrole nitrogens is 1. The number of aromatic amines is 1. The summed E-state index contributed by atoms with van der Waals surface area (Å²) < 4.78 is 1.11. The maximum Gasteiger partial charge on any atom is 0.361 e. The minimum absolute atomic E-state index is 0.312. The van der Waals surface area contributed by atoms with Gasteiger partial charge in [0.25, 0.3) is 0 Å². The lowest BCUT2D eigenvalue weighted by Gasteiger charge is -1.81. The Morgan fingerprint density at radius 2 is 2.62 bits per heavy atom. The van der Waals surface area contributed by atoms with E-state index in [2.05, 4.69) is 15.5 Å². The van der Waals surface area contributed by atoms with Crippen molar-refractivity contribution in [1.82, 2.24) is 20.2 Å². The second kappa shape index (κ2) is 1.77. The minimum atomic E-state index is -0.312. The summed E-state index contributed by atoms with van der Waals surface area (Å²) in [7, 11) is 0. The third-order valence-electron chi connectivity index (χ3n) is 0.739. The lowest BCUT2D eigenvalue weighted by atomic mass is 10.8. The minimum Gasteiger partial charge on any atom is -0.245 e. The van der Waals surface area contributed by atoms with E-state index in [4.69, 9.17) is 0 Å². The summed E-state index contributed by atoms with van der Waals surface area (Å²) in [6, 6.07) is 0. The lowest BCUT2D eigenvalue weighted by Crippen LogP contribution is -2.14. The Hall–Kier alpha value is -1.13. The van der Waals surface area contributed by atoms with Gasteiger partial charge in [-0.25, -0.2) is 9.89 Å². The second-order valence-electron chi connectivity index (χ2n) is 1.21. The molecule has 1 N–H and O–H groups in total. The first-order valence-corrected chi connectivity index (χ1v) is 2.14. The van der Waals surface area contributed by atoms with E-state index in [1.165, 1.54) is 6.54 Å². The van der Waals surface area contributed by atoms with Crippen LogP contribution < -0.4 is 5.69 Å². The standard InChI is InChI=1S/C3H5N4O/c1-2-7-3(8)4-5-6-7/h2H,1H3,(H,4,6,8). The van der Waals surface area contributed by atoms with Gasteiger partial charge in [0, 0.05) is 0 Å². The zero-order valence-corrected chi connectivity index (χ0v) is 4.33. The third kappa shape index (κ3) is 0.617. The zero-order chi connectivity index (χ0) is 5.98. The van der Waals surface area contributed by atoms with E-state index in [-0.39, 0.29) is 5.69 Å². The van der Waals surface area contributed by atoms with Crippen LogP contribution in [-0.4, -0.2) is 20.2 Å². The van der Waals surface area contributed by atoms with Crippen LogP contribution in [0.5, 0.6) is 0 Å². The molecule has 0 atom stereocenters. The summed E-state index contributed by atoms with van der Waals surface area (Å²) in [5, 5.41) is 8.75. The van der Waals surface area contributed by atoms with E-state index in [0.717, 1.165) is 4.68 Å². The van der Waals surface area contributed by atoms with Crippen LogP contribution in [0.4, 0.5) is 0 Å². The van der Waals surface area contributed by atoms with E-state index in [9.17, 15) is 4.79 Å². The third-order valence-corrected chi connectivity index (χ3v) is 0.739. The van der Waals surface area contributed by atoms with Crippen molar-refractivity contribution in [3.8, 4) is 0 Å². The van der Waals surface area contributed by atoms with Crippen LogP contribution in [0.1, 0.15) is 6.92 Å². The highest BCUT2D eigenvalue weighted by Crippen LogP contribution is 1.66. The van der Waals surface area contributed by atoms with Crippen molar-refractivity contribution in [2.24, 2.45) is 0 Å². The van der Waals surface area contributed by atoms with Gasteiger partial charge >= 0.3 is 5.69 Å². The van der Waals surface area contributed by atoms with Crippen molar-refractivity contribution in [3.05, 3.63) is 17.0 Å². The summed E-state index contributed by atoms with van der Waals surface area (Å²) in [4.78, 5) is 10.4. The Kier molecular flexibility index (Phi) is 1.11. The molecule has 8 heavy (non-hydrogen) atoms. The maximum absolute atomic E-state index is 10.4. The van der Waals surface area contributed by atoms with Gasteiger partial charge < -0.3 is 0 Å². The van der Waals surface area contributed by atoms with E-state index >= 15 is 0 Å². The molecule has 1 aromatic heterocycles. The summed E-state index contributed by atoms with van der Waals surface area (Å²) in [5.41, 5.74) is -0.312. The molecule has 0 spiro atoms. The quantitative estimate of drug-likeness (QED) is 0.507. The molecule has 1 heterocycles. The van der Waals surface area contributed by atoms with Gasteiger partial charge in [0.1, 0.15) is 0 Å². The molecule has 0 saturated heterocycles. The van der Waals surface area contributed by atoms with Crippen LogP contribution in [0.2, 0.25) is 0 Å². The molecule has 1 rings (SSSR count). The van der Waals surface area contributed by atoms with E-state index in [0.29, 0.717) is 0 Å². The fraction of sp³-hybridized carbons (Fsp3) is 0.333. The van der Waals surface area contributed by atoms with Crippen molar-refractivity contribution in [3.63, 3.8) is 0 Å². The second-order valence-corrected chi connectivity index (χ2v) is 1.21. The number of nitrogens with zero attached hydrogens (tertiary/aromatic N) is 3. The van der Waals surface area contributed by atoms with Crippen molar-refractivity contribution < 1.29 is 0 Å². The summed E-state index contributed by atoms with van der Waals surface area (Å²) in [6.07, 6.45) is 0. The molecule has 0 aliphatic heterocycles. The van der Waals surface area contributed by atoms with E-state index in [1.807, 2.05) is 0 Å². The monoisotopic (exact) mass is 113 g/mol. The highest BCUT2D eigenvalue weighted by molar-refractivity contribution is 4.60. The van der Waals surface area contributed by atoms with Crippen molar-refractivity contribution in [1.29, 1.82) is 0 Å². The van der Waals surface area contributed by atoms with Gasteiger partial charge in [-0.3, -0.25) is 0 Å². The molecule has 0 unspecified atom stereocenters. The molecule has 1 aromatic rings. The Morgan fingerprint density at radius 1 is 1.88 bits per heavy atom. The number of nitrogens with one attached hydrogen (secondary N) is 1.